The smallest absolute Gasteiger partial charge is 0.164 e. The first-order valence-corrected chi connectivity index (χ1v) is 18.8. The van der Waals surface area contributed by atoms with E-state index in [4.69, 9.17) is 21.8 Å². The van der Waals surface area contributed by atoms with Gasteiger partial charge in [0.25, 0.3) is 0 Å². The Bertz CT molecular complexity index is 2400. The molecule has 0 aliphatic carbocycles. The summed E-state index contributed by atoms with van der Waals surface area (Å²) in [6.07, 6.45) is 0. The number of aromatic nitrogens is 3. The Balaban J connectivity index is 1.32. The summed E-state index contributed by atoms with van der Waals surface area (Å²) in [7, 11) is -1.47. The van der Waals surface area contributed by atoms with Gasteiger partial charge >= 0.3 is 0 Å². The molecule has 0 radical (unpaired) electrons. The minimum Gasteiger partial charge on any atom is -0.208 e. The molecule has 0 unspecified atom stereocenters. The van der Waals surface area contributed by atoms with Crippen LogP contribution in [0.5, 0.6) is 0 Å². The van der Waals surface area contributed by atoms with Crippen LogP contribution in [0.1, 0.15) is 6.85 Å². The van der Waals surface area contributed by atoms with E-state index in [2.05, 4.69) is 80.3 Å². The lowest BCUT2D eigenvalue weighted by Crippen LogP contribution is -2.37. The molecule has 46 heavy (non-hydrogen) atoms. The van der Waals surface area contributed by atoms with Crippen LogP contribution in [0.4, 0.5) is 0 Å². The average molecular weight is 615 g/mol. The molecule has 0 saturated heterocycles. The van der Waals surface area contributed by atoms with Gasteiger partial charge in [0.1, 0.15) is 0 Å². The van der Waals surface area contributed by atoms with E-state index < -0.39 is 14.1 Å². The molecule has 0 fully saturated rings. The van der Waals surface area contributed by atoms with Gasteiger partial charge in [-0.25, -0.2) is 15.0 Å². The predicted octanol–water partition coefficient (Wildman–Crippen LogP) is 10.4. The van der Waals surface area contributed by atoms with E-state index in [1.54, 1.807) is 18.2 Å². The van der Waals surface area contributed by atoms with Crippen molar-refractivity contribution in [1.82, 2.24) is 15.0 Å². The summed E-state index contributed by atoms with van der Waals surface area (Å²) in [5.41, 5.74) is 7.35. The summed E-state index contributed by atoms with van der Waals surface area (Å²) < 4.78 is 41.4. The second-order valence-electron chi connectivity index (χ2n) is 12.2. The highest BCUT2D eigenvalue weighted by atomic mass is 28.3. The maximum atomic E-state index is 8.52. The molecule has 0 aliphatic rings. The summed E-state index contributed by atoms with van der Waals surface area (Å²) >= 11 is 0. The topological polar surface area (TPSA) is 38.7 Å². The monoisotopic (exact) mass is 614 g/mol. The van der Waals surface area contributed by atoms with Crippen molar-refractivity contribution in [2.45, 2.75) is 19.6 Å². The molecule has 4 heteroatoms. The molecule has 3 nitrogen and oxygen atoms in total. The van der Waals surface area contributed by atoms with Gasteiger partial charge in [-0.15, -0.1) is 0 Å². The third-order valence-electron chi connectivity index (χ3n) is 7.96. The van der Waals surface area contributed by atoms with Gasteiger partial charge in [0.15, 0.2) is 17.5 Å². The normalized spacial score (nSPS) is 12.9. The van der Waals surface area contributed by atoms with Crippen LogP contribution in [0.15, 0.2) is 158 Å². The van der Waals surface area contributed by atoms with E-state index in [0.29, 0.717) is 28.6 Å². The molecule has 0 aliphatic heterocycles. The minimum atomic E-state index is -1.47. The van der Waals surface area contributed by atoms with Gasteiger partial charge in [0.05, 0.1) is 14.9 Å². The van der Waals surface area contributed by atoms with Crippen LogP contribution in [0.3, 0.4) is 0 Å². The van der Waals surface area contributed by atoms with Crippen molar-refractivity contribution in [3.63, 3.8) is 0 Å². The lowest BCUT2D eigenvalue weighted by atomic mass is 9.98. The van der Waals surface area contributed by atoms with Crippen LogP contribution in [0, 0.1) is 0 Å². The second kappa shape index (κ2) is 12.5. The maximum absolute atomic E-state index is 8.52. The van der Waals surface area contributed by atoms with E-state index in [9.17, 15) is 0 Å². The molecular weight excluding hydrogens is 575 g/mol. The van der Waals surface area contributed by atoms with Crippen molar-refractivity contribution in [3.05, 3.63) is 158 Å². The number of benzene rings is 6. The lowest BCUT2D eigenvalue weighted by Gasteiger charge is -2.17. The van der Waals surface area contributed by atoms with Gasteiger partial charge in [-0.3, -0.25) is 0 Å². The Hall–Kier alpha value is -5.45. The quantitative estimate of drug-likeness (QED) is 0.168. The third kappa shape index (κ3) is 6.34. The molecule has 0 amide bonds. The highest BCUT2D eigenvalue weighted by molar-refractivity contribution is 6.88. The molecular formula is C42H35N3Si. The van der Waals surface area contributed by atoms with Crippen molar-refractivity contribution in [2.24, 2.45) is 0 Å². The standard InChI is InChI=1S/C42H35N3Si/c1-46(2,3)39-25-13-22-36(29-39)34-20-10-19-33(26-34)35-21-12-24-38(28-35)42-44-40(31-16-8-5-9-17-31)43-41(45-42)37-23-11-18-32(27-37)30-14-6-4-7-15-30/h4-29H,1-3H3/i4D,6D,7D,14D,15D. The second-order valence-corrected chi connectivity index (χ2v) is 17.3. The van der Waals surface area contributed by atoms with E-state index in [1.807, 2.05) is 48.5 Å². The summed E-state index contributed by atoms with van der Waals surface area (Å²) in [4.78, 5) is 14.7. The largest absolute Gasteiger partial charge is 0.208 e. The van der Waals surface area contributed by atoms with Gasteiger partial charge in [-0.1, -0.05) is 164 Å². The van der Waals surface area contributed by atoms with Gasteiger partial charge in [-0.2, -0.15) is 0 Å². The lowest BCUT2D eigenvalue weighted by molar-refractivity contribution is 1.07. The molecule has 1 aromatic heterocycles. The zero-order valence-electron chi connectivity index (χ0n) is 31.0. The van der Waals surface area contributed by atoms with Gasteiger partial charge in [0.2, 0.25) is 0 Å². The first kappa shape index (κ1) is 23.9. The van der Waals surface area contributed by atoms with Crippen LogP contribution in [0.25, 0.3) is 67.5 Å². The van der Waals surface area contributed by atoms with Crippen LogP contribution in [-0.2, 0) is 0 Å². The van der Waals surface area contributed by atoms with E-state index in [1.165, 1.54) is 10.8 Å². The van der Waals surface area contributed by atoms with Gasteiger partial charge in [0, 0.05) is 16.7 Å². The molecule has 7 aromatic rings. The molecule has 1 heterocycles. The number of rotatable bonds is 7. The fourth-order valence-electron chi connectivity index (χ4n) is 5.44. The Kier molecular flexibility index (Phi) is 6.49. The van der Waals surface area contributed by atoms with Crippen LogP contribution in [-0.4, -0.2) is 23.0 Å². The summed E-state index contributed by atoms with van der Waals surface area (Å²) in [6, 6.07) is 40.8. The van der Waals surface area contributed by atoms with Crippen molar-refractivity contribution in [1.29, 1.82) is 0 Å². The number of hydrogen-bond acceptors (Lipinski definition) is 3. The fourth-order valence-corrected chi connectivity index (χ4v) is 6.62. The first-order chi connectivity index (χ1) is 24.5. The Morgan fingerprint density at radius 1 is 0.391 bits per heavy atom. The summed E-state index contributed by atoms with van der Waals surface area (Å²) in [5.74, 6) is 1.40. The third-order valence-corrected chi connectivity index (χ3v) is 10.00. The Labute approximate surface area is 279 Å². The van der Waals surface area contributed by atoms with Gasteiger partial charge in [-0.05, 0) is 51.6 Å². The van der Waals surface area contributed by atoms with Crippen molar-refractivity contribution >= 4 is 13.3 Å². The van der Waals surface area contributed by atoms with Crippen molar-refractivity contribution in [3.8, 4) is 67.5 Å². The van der Waals surface area contributed by atoms with Crippen molar-refractivity contribution < 1.29 is 6.85 Å². The molecule has 0 bridgehead atoms. The predicted molar refractivity (Wildman–Crippen MR) is 195 cm³/mol. The molecule has 0 atom stereocenters. The summed E-state index contributed by atoms with van der Waals surface area (Å²) in [6.45, 7) is 7.09. The molecule has 0 N–H and O–H groups in total. The minimum absolute atomic E-state index is 0.127. The molecule has 222 valence electrons. The zero-order valence-corrected chi connectivity index (χ0v) is 27.0. The van der Waals surface area contributed by atoms with E-state index in [-0.39, 0.29) is 29.7 Å². The maximum Gasteiger partial charge on any atom is 0.164 e. The van der Waals surface area contributed by atoms with Crippen LogP contribution in [0.2, 0.25) is 19.6 Å². The number of nitrogens with zero attached hydrogens (tertiary/aromatic N) is 3. The molecule has 0 spiro atoms. The van der Waals surface area contributed by atoms with Crippen LogP contribution < -0.4 is 5.19 Å². The highest BCUT2D eigenvalue weighted by Gasteiger charge is 2.17. The Morgan fingerprint density at radius 2 is 0.783 bits per heavy atom. The van der Waals surface area contributed by atoms with Crippen molar-refractivity contribution in [2.75, 3.05) is 0 Å². The number of hydrogen-bond donors (Lipinski definition) is 0. The molecule has 6 aromatic carbocycles. The average Bonchev–Trinajstić information content (AvgIpc) is 3.16. The van der Waals surface area contributed by atoms with Crippen LogP contribution >= 0.6 is 0 Å². The van der Waals surface area contributed by atoms with E-state index in [0.717, 1.165) is 27.8 Å². The molecule has 7 rings (SSSR count). The summed E-state index contributed by atoms with van der Waals surface area (Å²) in [5, 5.41) is 1.42. The van der Waals surface area contributed by atoms with E-state index >= 15 is 0 Å². The van der Waals surface area contributed by atoms with Gasteiger partial charge < -0.3 is 0 Å². The first-order valence-electron chi connectivity index (χ1n) is 17.8. The zero-order chi connectivity index (χ0) is 35.9. The Morgan fingerprint density at radius 3 is 1.30 bits per heavy atom. The molecule has 0 saturated carbocycles. The fraction of sp³-hybridized carbons (Fsp3) is 0.0714. The highest BCUT2D eigenvalue weighted by Crippen LogP contribution is 2.31. The SMILES string of the molecule is [2H]c1c([2H])c([2H])c(-c2cccc(-c3nc(-c4ccccc4)nc(-c4cccc(-c5cccc(-c6cccc([Si](C)(C)C)c6)c5)c4)n3)c2)c([2H])c1[2H].